The molecule has 1 aliphatic carbocycles. The van der Waals surface area contributed by atoms with Crippen molar-refractivity contribution in [3.05, 3.63) is 53.6 Å². The highest BCUT2D eigenvalue weighted by molar-refractivity contribution is 5.88. The van der Waals surface area contributed by atoms with Gasteiger partial charge in [-0.1, -0.05) is 30.7 Å². The van der Waals surface area contributed by atoms with E-state index in [1.807, 2.05) is 12.1 Å². The monoisotopic (exact) mass is 266 g/mol. The lowest BCUT2D eigenvalue weighted by atomic mass is 9.80. The number of ether oxygens (including phenoxy) is 1. The van der Waals surface area contributed by atoms with E-state index in [-0.39, 0.29) is 0 Å². The third kappa shape index (κ3) is 2.34. The van der Waals surface area contributed by atoms with Crippen LogP contribution in [0.5, 0.6) is 5.75 Å². The molecule has 3 rings (SSSR count). The Labute approximate surface area is 119 Å². The number of carbonyl (C=O) groups is 1. The Bertz CT molecular complexity index is 610. The number of rotatable bonds is 4. The summed E-state index contributed by atoms with van der Waals surface area (Å²) >= 11 is 0. The second kappa shape index (κ2) is 5.49. The average Bonchev–Trinajstić information content (AvgIpc) is 2.45. The maximum Gasteiger partial charge on any atom is 0.150 e. The minimum atomic E-state index is 0.667. The van der Waals surface area contributed by atoms with Crippen LogP contribution < -0.4 is 4.74 Å². The molecule has 0 amide bonds. The summed E-state index contributed by atoms with van der Waals surface area (Å²) in [6.07, 6.45) is 4.85. The summed E-state index contributed by atoms with van der Waals surface area (Å²) in [6, 6.07) is 14.2. The second-order valence-electron chi connectivity index (χ2n) is 5.32. The molecule has 0 N–H and O–H groups in total. The number of hydrogen-bond donors (Lipinski definition) is 0. The number of hydrogen-bond acceptors (Lipinski definition) is 2. The Hall–Kier alpha value is -2.09. The molecular weight excluding hydrogens is 248 g/mol. The van der Waals surface area contributed by atoms with E-state index >= 15 is 0 Å². The van der Waals surface area contributed by atoms with Crippen LogP contribution in [0.25, 0.3) is 11.1 Å². The molecule has 0 bridgehead atoms. The standard InChI is InChI=1S/C18H18O2/c1-20-17-9-10-18(16(11-17)12-19)15-7-5-14(6-8-15)13-3-2-4-13/h5-13H,2-4H2,1H3. The van der Waals surface area contributed by atoms with Gasteiger partial charge in [0.05, 0.1) is 7.11 Å². The van der Waals surface area contributed by atoms with Crippen LogP contribution in [-0.4, -0.2) is 13.4 Å². The molecule has 1 fully saturated rings. The molecule has 1 saturated carbocycles. The van der Waals surface area contributed by atoms with E-state index in [1.54, 1.807) is 13.2 Å². The van der Waals surface area contributed by atoms with Crippen molar-refractivity contribution in [1.82, 2.24) is 0 Å². The molecule has 0 aliphatic heterocycles. The second-order valence-corrected chi connectivity index (χ2v) is 5.32. The first kappa shape index (κ1) is 12.9. The molecule has 2 nitrogen and oxygen atoms in total. The van der Waals surface area contributed by atoms with Crippen LogP contribution in [0.4, 0.5) is 0 Å². The quantitative estimate of drug-likeness (QED) is 0.765. The maximum absolute atomic E-state index is 11.2. The van der Waals surface area contributed by atoms with E-state index in [0.717, 1.165) is 23.3 Å². The Kier molecular flexibility index (Phi) is 3.55. The van der Waals surface area contributed by atoms with Crippen LogP contribution in [0, 0.1) is 0 Å². The largest absolute Gasteiger partial charge is 0.497 e. The lowest BCUT2D eigenvalue weighted by Crippen LogP contribution is -2.08. The third-order valence-corrected chi connectivity index (χ3v) is 4.18. The molecule has 0 saturated heterocycles. The van der Waals surface area contributed by atoms with Gasteiger partial charge in [0, 0.05) is 5.56 Å². The van der Waals surface area contributed by atoms with E-state index < -0.39 is 0 Å². The van der Waals surface area contributed by atoms with Crippen LogP contribution in [0.15, 0.2) is 42.5 Å². The zero-order valence-electron chi connectivity index (χ0n) is 11.6. The van der Waals surface area contributed by atoms with Gasteiger partial charge in [0.15, 0.2) is 6.29 Å². The average molecular weight is 266 g/mol. The van der Waals surface area contributed by atoms with Crippen LogP contribution in [0.1, 0.15) is 41.1 Å². The molecule has 0 atom stereocenters. The Morgan fingerprint density at radius 3 is 2.40 bits per heavy atom. The Morgan fingerprint density at radius 2 is 1.85 bits per heavy atom. The topological polar surface area (TPSA) is 26.3 Å². The molecule has 0 heterocycles. The first-order valence-corrected chi connectivity index (χ1v) is 7.05. The summed E-state index contributed by atoms with van der Waals surface area (Å²) in [7, 11) is 1.61. The van der Waals surface area contributed by atoms with E-state index in [1.165, 1.54) is 24.8 Å². The van der Waals surface area contributed by atoms with Gasteiger partial charge in [0.1, 0.15) is 5.75 Å². The summed E-state index contributed by atoms with van der Waals surface area (Å²) < 4.78 is 5.16. The van der Waals surface area contributed by atoms with Gasteiger partial charge >= 0.3 is 0 Å². The summed E-state index contributed by atoms with van der Waals surface area (Å²) in [4.78, 5) is 11.2. The highest BCUT2D eigenvalue weighted by atomic mass is 16.5. The van der Waals surface area contributed by atoms with Crippen molar-refractivity contribution in [1.29, 1.82) is 0 Å². The third-order valence-electron chi connectivity index (χ3n) is 4.18. The predicted octanol–water partition coefficient (Wildman–Crippen LogP) is 4.44. The van der Waals surface area contributed by atoms with Gasteiger partial charge in [-0.25, -0.2) is 0 Å². The SMILES string of the molecule is COc1ccc(-c2ccc(C3CCC3)cc2)c(C=O)c1. The van der Waals surface area contributed by atoms with Crippen molar-refractivity contribution in [3.8, 4) is 16.9 Å². The molecule has 20 heavy (non-hydrogen) atoms. The summed E-state index contributed by atoms with van der Waals surface area (Å²) in [6.45, 7) is 0. The van der Waals surface area contributed by atoms with Gasteiger partial charge in [0.2, 0.25) is 0 Å². The molecule has 2 aromatic rings. The van der Waals surface area contributed by atoms with Gasteiger partial charge in [-0.05, 0) is 53.6 Å². The van der Waals surface area contributed by atoms with Crippen molar-refractivity contribution < 1.29 is 9.53 Å². The number of aldehydes is 1. The van der Waals surface area contributed by atoms with Crippen molar-refractivity contribution in [3.63, 3.8) is 0 Å². The fourth-order valence-electron chi connectivity index (χ4n) is 2.70. The summed E-state index contributed by atoms with van der Waals surface area (Å²) in [5.74, 6) is 1.45. The molecule has 0 unspecified atom stereocenters. The lowest BCUT2D eigenvalue weighted by Gasteiger charge is -2.25. The molecule has 1 aliphatic rings. The van der Waals surface area contributed by atoms with Gasteiger partial charge in [0.25, 0.3) is 0 Å². The van der Waals surface area contributed by atoms with E-state index in [9.17, 15) is 4.79 Å². The summed E-state index contributed by atoms with van der Waals surface area (Å²) in [5, 5.41) is 0. The molecule has 0 radical (unpaired) electrons. The number of methoxy groups -OCH3 is 1. The van der Waals surface area contributed by atoms with Crippen molar-refractivity contribution in [2.45, 2.75) is 25.2 Å². The van der Waals surface area contributed by atoms with Gasteiger partial charge in [-0.2, -0.15) is 0 Å². The van der Waals surface area contributed by atoms with Crippen molar-refractivity contribution in [2.75, 3.05) is 7.11 Å². The fraction of sp³-hybridized carbons (Fsp3) is 0.278. The van der Waals surface area contributed by atoms with Crippen molar-refractivity contribution >= 4 is 6.29 Å². The van der Waals surface area contributed by atoms with E-state index in [4.69, 9.17) is 4.74 Å². The first-order valence-electron chi connectivity index (χ1n) is 7.05. The number of carbonyl (C=O) groups excluding carboxylic acids is 1. The smallest absolute Gasteiger partial charge is 0.150 e. The fourth-order valence-corrected chi connectivity index (χ4v) is 2.70. The van der Waals surface area contributed by atoms with Crippen LogP contribution in [-0.2, 0) is 0 Å². The van der Waals surface area contributed by atoms with Crippen LogP contribution in [0.3, 0.4) is 0 Å². The molecular formula is C18H18O2. The molecule has 2 aromatic carbocycles. The van der Waals surface area contributed by atoms with Gasteiger partial charge in [-0.15, -0.1) is 0 Å². The lowest BCUT2D eigenvalue weighted by molar-refractivity contribution is 0.112. The molecule has 102 valence electrons. The van der Waals surface area contributed by atoms with E-state index in [2.05, 4.69) is 24.3 Å². The van der Waals surface area contributed by atoms with Crippen LogP contribution in [0.2, 0.25) is 0 Å². The zero-order valence-corrected chi connectivity index (χ0v) is 11.6. The highest BCUT2D eigenvalue weighted by Gasteiger charge is 2.19. The first-order chi connectivity index (χ1) is 9.81. The zero-order chi connectivity index (χ0) is 13.9. The van der Waals surface area contributed by atoms with Gasteiger partial charge < -0.3 is 4.74 Å². The minimum Gasteiger partial charge on any atom is -0.497 e. The maximum atomic E-state index is 11.2. The van der Waals surface area contributed by atoms with Crippen molar-refractivity contribution in [2.24, 2.45) is 0 Å². The highest BCUT2D eigenvalue weighted by Crippen LogP contribution is 2.37. The van der Waals surface area contributed by atoms with E-state index in [0.29, 0.717) is 11.3 Å². The van der Waals surface area contributed by atoms with Crippen LogP contribution >= 0.6 is 0 Å². The summed E-state index contributed by atoms with van der Waals surface area (Å²) in [5.41, 5.74) is 4.13. The number of benzene rings is 2. The molecule has 0 spiro atoms. The molecule has 0 aromatic heterocycles. The predicted molar refractivity (Wildman–Crippen MR) is 80.4 cm³/mol. The Balaban J connectivity index is 1.93. The normalized spacial score (nSPS) is 14.7. The Morgan fingerprint density at radius 1 is 1.10 bits per heavy atom. The molecule has 2 heteroatoms. The van der Waals surface area contributed by atoms with Gasteiger partial charge in [-0.3, -0.25) is 4.79 Å². The minimum absolute atomic E-state index is 0.667.